The van der Waals surface area contributed by atoms with Crippen molar-refractivity contribution in [3.05, 3.63) is 77.1 Å². The number of methoxy groups -OCH3 is 1. The number of halogens is 1. The van der Waals surface area contributed by atoms with Gasteiger partial charge in [0.1, 0.15) is 11.6 Å². The van der Waals surface area contributed by atoms with Gasteiger partial charge in [-0.15, -0.1) is 0 Å². The van der Waals surface area contributed by atoms with Crippen LogP contribution in [0.4, 0.5) is 4.39 Å². The van der Waals surface area contributed by atoms with Crippen molar-refractivity contribution in [1.82, 2.24) is 14.5 Å². The molecule has 1 saturated heterocycles. The maximum atomic E-state index is 14.8. The van der Waals surface area contributed by atoms with Crippen LogP contribution >= 0.6 is 0 Å². The number of hydrogen-bond donors (Lipinski definition) is 0. The minimum Gasteiger partial charge on any atom is -0.495 e. The summed E-state index contributed by atoms with van der Waals surface area (Å²) >= 11 is 0. The highest BCUT2D eigenvalue weighted by molar-refractivity contribution is 6.88. The second-order valence-corrected chi connectivity index (χ2v) is 17.3. The second-order valence-electron chi connectivity index (χ2n) is 12.2. The third-order valence-electron chi connectivity index (χ3n) is 8.23. The minimum absolute atomic E-state index is 0.128. The normalized spacial score (nSPS) is 22.9. The number of aryl methyl sites for hydroxylation is 1. The van der Waals surface area contributed by atoms with Crippen LogP contribution in [0.15, 0.2) is 59.7 Å². The molecule has 6 rings (SSSR count). The Hall–Kier alpha value is -3.39. The summed E-state index contributed by atoms with van der Waals surface area (Å²) in [6.07, 6.45) is 9.35. The van der Waals surface area contributed by atoms with Crippen LogP contribution in [0, 0.1) is 18.2 Å². The minimum atomic E-state index is -1.87. The molecular weight excluding hydrogens is 495 g/mol. The van der Waals surface area contributed by atoms with Crippen LogP contribution in [0.25, 0.3) is 11.8 Å². The molecule has 0 radical (unpaired) electrons. The molecule has 1 atom stereocenters. The van der Waals surface area contributed by atoms with Crippen molar-refractivity contribution in [1.29, 1.82) is 0 Å². The first-order valence-corrected chi connectivity index (χ1v) is 16.8. The summed E-state index contributed by atoms with van der Waals surface area (Å²) in [5, 5.41) is 5.45. The van der Waals surface area contributed by atoms with Crippen molar-refractivity contribution in [2.75, 3.05) is 13.7 Å². The standard InChI is InChI=1S/C30H35FN4O2Si/c1-20-17-34(19-32-20)25-10-7-21(14-26(25)36-3)13-22-16-30(11-12-30)18-35-28(22)33-37-29(35,2)23-8-9-24(31)27(15-23)38(4,5)6/h7-10,13-15,17,19H,11-12,16,18H2,1-6H3/b22-13+. The Bertz CT molecular complexity index is 1480. The number of piperidine rings is 1. The smallest absolute Gasteiger partial charge is 0.234 e. The number of rotatable bonds is 5. The number of imidazole rings is 1. The van der Waals surface area contributed by atoms with Gasteiger partial charge in [0.05, 0.1) is 32.9 Å². The van der Waals surface area contributed by atoms with Crippen LogP contribution in [-0.4, -0.2) is 42.0 Å². The molecule has 6 nitrogen and oxygen atoms in total. The highest BCUT2D eigenvalue weighted by Gasteiger charge is 2.56. The van der Waals surface area contributed by atoms with E-state index in [2.05, 4.69) is 65.9 Å². The van der Waals surface area contributed by atoms with E-state index in [1.165, 1.54) is 18.4 Å². The molecule has 0 bridgehead atoms. The van der Waals surface area contributed by atoms with Gasteiger partial charge >= 0.3 is 0 Å². The molecule has 3 heterocycles. The van der Waals surface area contributed by atoms with Crippen LogP contribution in [0.1, 0.15) is 43.0 Å². The first kappa shape index (κ1) is 24.9. The van der Waals surface area contributed by atoms with E-state index in [1.807, 2.05) is 29.8 Å². The van der Waals surface area contributed by atoms with Crippen LogP contribution in [0.5, 0.6) is 5.75 Å². The predicted octanol–water partition coefficient (Wildman–Crippen LogP) is 5.96. The van der Waals surface area contributed by atoms with Crippen LogP contribution in [0.3, 0.4) is 0 Å². The monoisotopic (exact) mass is 530 g/mol. The van der Waals surface area contributed by atoms with Gasteiger partial charge in [0.25, 0.3) is 0 Å². The average molecular weight is 531 g/mol. The molecule has 2 fully saturated rings. The lowest BCUT2D eigenvalue weighted by molar-refractivity contribution is -0.0968. The van der Waals surface area contributed by atoms with E-state index >= 15 is 0 Å². The number of aromatic nitrogens is 2. The zero-order chi connectivity index (χ0) is 26.9. The number of ether oxygens (including phenoxy) is 1. The molecule has 0 N–H and O–H groups in total. The Morgan fingerprint density at radius 2 is 1.92 bits per heavy atom. The largest absolute Gasteiger partial charge is 0.495 e. The lowest BCUT2D eigenvalue weighted by atomic mass is 9.86. The van der Waals surface area contributed by atoms with Crippen LogP contribution < -0.4 is 9.92 Å². The zero-order valence-corrected chi connectivity index (χ0v) is 24.0. The molecule has 3 aromatic rings. The molecule has 1 aliphatic carbocycles. The van der Waals surface area contributed by atoms with E-state index in [1.54, 1.807) is 19.5 Å². The van der Waals surface area contributed by atoms with Gasteiger partial charge in [-0.3, -0.25) is 0 Å². The lowest BCUT2D eigenvalue weighted by Crippen LogP contribution is -2.51. The molecule has 1 spiro atoms. The Morgan fingerprint density at radius 1 is 1.13 bits per heavy atom. The third kappa shape index (κ3) is 4.15. The quantitative estimate of drug-likeness (QED) is 0.382. The van der Waals surface area contributed by atoms with Gasteiger partial charge in [-0.25, -0.2) is 9.37 Å². The first-order chi connectivity index (χ1) is 18.0. The number of oxime groups is 1. The molecule has 0 amide bonds. The second kappa shape index (κ2) is 8.56. The molecule has 1 unspecified atom stereocenters. The van der Waals surface area contributed by atoms with E-state index in [0.717, 1.165) is 52.2 Å². The highest BCUT2D eigenvalue weighted by Crippen LogP contribution is 2.57. The molecule has 38 heavy (non-hydrogen) atoms. The van der Waals surface area contributed by atoms with Gasteiger partial charge in [0, 0.05) is 25.2 Å². The maximum absolute atomic E-state index is 14.8. The number of amidine groups is 1. The summed E-state index contributed by atoms with van der Waals surface area (Å²) in [5.41, 5.74) is 4.53. The number of hydrogen-bond acceptors (Lipinski definition) is 5. The molecule has 2 aliphatic heterocycles. The SMILES string of the molecule is COc1cc(/C=C2\CC3(CC3)CN3C2=NOC3(C)c2ccc(F)c([Si](C)(C)C)c2)ccc1-n1cnc(C)c1. The van der Waals surface area contributed by atoms with Gasteiger partial charge in [0.2, 0.25) is 5.72 Å². The van der Waals surface area contributed by atoms with Crippen molar-refractivity contribution in [3.63, 3.8) is 0 Å². The molecule has 1 aromatic heterocycles. The summed E-state index contributed by atoms with van der Waals surface area (Å²) in [5.74, 6) is 1.53. The van der Waals surface area contributed by atoms with Crippen molar-refractivity contribution in [2.45, 2.75) is 58.5 Å². The van der Waals surface area contributed by atoms with Crippen molar-refractivity contribution in [2.24, 2.45) is 10.6 Å². The van der Waals surface area contributed by atoms with Gasteiger partial charge in [0.15, 0.2) is 5.84 Å². The first-order valence-electron chi connectivity index (χ1n) is 13.3. The van der Waals surface area contributed by atoms with E-state index in [0.29, 0.717) is 0 Å². The summed E-state index contributed by atoms with van der Waals surface area (Å²) in [4.78, 5) is 12.9. The average Bonchev–Trinajstić information content (AvgIpc) is 3.31. The Labute approximate surface area is 224 Å². The topological polar surface area (TPSA) is 51.9 Å². The molecule has 8 heteroatoms. The van der Waals surface area contributed by atoms with E-state index in [-0.39, 0.29) is 11.2 Å². The van der Waals surface area contributed by atoms with Gasteiger partial charge in [-0.05, 0) is 72.2 Å². The summed E-state index contributed by atoms with van der Waals surface area (Å²) in [6, 6.07) is 11.7. The Kier molecular flexibility index (Phi) is 5.61. The molecule has 1 saturated carbocycles. The van der Waals surface area contributed by atoms with E-state index in [9.17, 15) is 4.39 Å². The van der Waals surface area contributed by atoms with E-state index < -0.39 is 13.8 Å². The fourth-order valence-electron chi connectivity index (χ4n) is 5.74. The Balaban J connectivity index is 1.37. The molecular formula is C30H35FN4O2Si. The molecule has 2 aromatic carbocycles. The summed E-state index contributed by atoms with van der Waals surface area (Å²) < 4.78 is 22.5. The summed E-state index contributed by atoms with van der Waals surface area (Å²) in [7, 11) is -0.176. The number of nitrogens with zero attached hydrogens (tertiary/aromatic N) is 4. The van der Waals surface area contributed by atoms with Crippen molar-refractivity contribution >= 4 is 25.2 Å². The molecule has 3 aliphatic rings. The van der Waals surface area contributed by atoms with Crippen molar-refractivity contribution < 1.29 is 14.0 Å². The lowest BCUT2D eigenvalue weighted by Gasteiger charge is -2.41. The number of benzene rings is 2. The fourth-order valence-corrected chi connectivity index (χ4v) is 7.13. The third-order valence-corrected chi connectivity index (χ3v) is 10.2. The van der Waals surface area contributed by atoms with E-state index in [4.69, 9.17) is 9.57 Å². The zero-order valence-electron chi connectivity index (χ0n) is 23.0. The highest BCUT2D eigenvalue weighted by atomic mass is 28.3. The van der Waals surface area contributed by atoms with Gasteiger partial charge < -0.3 is 19.0 Å². The van der Waals surface area contributed by atoms with Crippen molar-refractivity contribution in [3.8, 4) is 11.4 Å². The van der Waals surface area contributed by atoms with Gasteiger partial charge in [-0.1, -0.05) is 43.0 Å². The van der Waals surface area contributed by atoms with Crippen LogP contribution in [-0.2, 0) is 10.6 Å². The Morgan fingerprint density at radius 3 is 2.58 bits per heavy atom. The predicted molar refractivity (Wildman–Crippen MR) is 151 cm³/mol. The molecule has 198 valence electrons. The van der Waals surface area contributed by atoms with Crippen LogP contribution in [0.2, 0.25) is 19.6 Å². The summed E-state index contributed by atoms with van der Waals surface area (Å²) in [6.45, 7) is 11.4. The van der Waals surface area contributed by atoms with Gasteiger partial charge in [-0.2, -0.15) is 0 Å². The maximum Gasteiger partial charge on any atom is 0.234 e. The fraction of sp³-hybridized carbons (Fsp3) is 0.400. The number of fused-ring (bicyclic) bond motifs is 1.